The van der Waals surface area contributed by atoms with E-state index in [1.807, 2.05) is 12.2 Å². The van der Waals surface area contributed by atoms with E-state index in [9.17, 15) is 0 Å². The number of aliphatic imine (C=N–C) groups is 1. The molecular formula is C10H19NOSi. The van der Waals surface area contributed by atoms with Crippen LogP contribution in [0.3, 0.4) is 0 Å². The van der Waals surface area contributed by atoms with E-state index in [-0.39, 0.29) is 0 Å². The van der Waals surface area contributed by atoms with Crippen molar-refractivity contribution in [3.05, 3.63) is 12.2 Å². The Balaban J connectivity index is 2.04. The second kappa shape index (κ2) is 4.60. The first-order chi connectivity index (χ1) is 6.08. The molecule has 0 saturated carbocycles. The molecule has 0 aliphatic carbocycles. The number of hydrogen-bond acceptors (Lipinski definition) is 2. The first kappa shape index (κ1) is 10.5. The van der Waals surface area contributed by atoms with Crippen molar-refractivity contribution in [3.8, 4) is 0 Å². The van der Waals surface area contributed by atoms with Gasteiger partial charge in [0, 0.05) is 8.07 Å². The van der Waals surface area contributed by atoms with Crippen molar-refractivity contribution in [1.29, 1.82) is 0 Å². The van der Waals surface area contributed by atoms with E-state index in [1.54, 1.807) is 0 Å². The van der Waals surface area contributed by atoms with Crippen LogP contribution >= 0.6 is 0 Å². The summed E-state index contributed by atoms with van der Waals surface area (Å²) in [5.41, 5.74) is 0. The minimum absolute atomic E-state index is 0.795. The van der Waals surface area contributed by atoms with Gasteiger partial charge >= 0.3 is 0 Å². The van der Waals surface area contributed by atoms with Gasteiger partial charge in [-0.1, -0.05) is 31.8 Å². The van der Waals surface area contributed by atoms with Crippen LogP contribution in [-0.2, 0) is 4.74 Å². The van der Waals surface area contributed by atoms with Gasteiger partial charge in [0.25, 0.3) is 0 Å². The zero-order chi connectivity index (χ0) is 9.73. The fraction of sp³-hybridized carbons (Fsp3) is 0.700. The molecule has 0 bridgehead atoms. The molecule has 1 rings (SSSR count). The number of hydrogen-bond donors (Lipinski definition) is 0. The smallest absolute Gasteiger partial charge is 0.208 e. The van der Waals surface area contributed by atoms with Crippen molar-refractivity contribution in [2.24, 2.45) is 4.99 Å². The highest BCUT2D eigenvalue weighted by Gasteiger charge is 2.12. The van der Waals surface area contributed by atoms with E-state index >= 15 is 0 Å². The molecule has 0 aromatic rings. The van der Waals surface area contributed by atoms with Crippen molar-refractivity contribution in [2.45, 2.75) is 32.1 Å². The molecule has 13 heavy (non-hydrogen) atoms. The predicted molar refractivity (Wildman–Crippen MR) is 60.2 cm³/mol. The second-order valence-electron chi connectivity index (χ2n) is 4.59. The second-order valence-corrected chi connectivity index (χ2v) is 10.2. The average Bonchev–Trinajstić information content (AvgIpc) is 2.48. The predicted octanol–water partition coefficient (Wildman–Crippen LogP) is 2.70. The lowest BCUT2D eigenvalue weighted by Crippen LogP contribution is -2.19. The van der Waals surface area contributed by atoms with E-state index in [0.29, 0.717) is 0 Å². The maximum atomic E-state index is 5.48. The highest BCUT2D eigenvalue weighted by atomic mass is 28.3. The minimum atomic E-state index is -0.872. The molecule has 0 aromatic carbocycles. The molecule has 74 valence electrons. The molecule has 1 aliphatic heterocycles. The van der Waals surface area contributed by atoms with Crippen molar-refractivity contribution in [1.82, 2.24) is 0 Å². The highest BCUT2D eigenvalue weighted by molar-refractivity contribution is 6.76. The van der Waals surface area contributed by atoms with Crippen LogP contribution < -0.4 is 0 Å². The van der Waals surface area contributed by atoms with Crippen LogP contribution in [-0.4, -0.2) is 27.1 Å². The summed E-state index contributed by atoms with van der Waals surface area (Å²) < 4.78 is 5.48. The van der Waals surface area contributed by atoms with Gasteiger partial charge in [0.1, 0.15) is 0 Å². The van der Waals surface area contributed by atoms with Crippen molar-refractivity contribution in [3.63, 3.8) is 0 Å². The molecule has 1 aliphatic rings. The SMILES string of the molecule is C[Si](C)(C)CCCOC1=NCC=C1. The molecule has 0 amide bonds. The topological polar surface area (TPSA) is 21.6 Å². The van der Waals surface area contributed by atoms with Crippen molar-refractivity contribution in [2.75, 3.05) is 13.2 Å². The average molecular weight is 197 g/mol. The maximum Gasteiger partial charge on any atom is 0.208 e. The van der Waals surface area contributed by atoms with E-state index in [1.165, 1.54) is 12.5 Å². The summed E-state index contributed by atoms with van der Waals surface area (Å²) >= 11 is 0. The van der Waals surface area contributed by atoms with Gasteiger partial charge in [0.15, 0.2) is 0 Å². The molecule has 0 radical (unpaired) electrons. The van der Waals surface area contributed by atoms with Gasteiger partial charge in [-0.25, -0.2) is 4.99 Å². The fourth-order valence-electron chi connectivity index (χ4n) is 1.22. The monoisotopic (exact) mass is 197 g/mol. The molecule has 0 spiro atoms. The lowest BCUT2D eigenvalue weighted by atomic mass is 10.5. The van der Waals surface area contributed by atoms with Gasteiger partial charge in [-0.3, -0.25) is 0 Å². The van der Waals surface area contributed by atoms with Crippen molar-refractivity contribution < 1.29 is 4.74 Å². The Hall–Kier alpha value is -0.573. The van der Waals surface area contributed by atoms with Crippen LogP contribution in [0, 0.1) is 0 Å². The number of nitrogens with zero attached hydrogens (tertiary/aromatic N) is 1. The number of rotatable bonds is 4. The van der Waals surface area contributed by atoms with Crippen LogP contribution in [0.4, 0.5) is 0 Å². The van der Waals surface area contributed by atoms with Crippen molar-refractivity contribution >= 4 is 14.0 Å². The van der Waals surface area contributed by atoms with Gasteiger partial charge in [0.05, 0.1) is 13.2 Å². The van der Waals surface area contributed by atoms with Gasteiger partial charge in [0.2, 0.25) is 5.90 Å². The maximum absolute atomic E-state index is 5.48. The van der Waals surface area contributed by atoms with Crippen LogP contribution in [0.15, 0.2) is 17.1 Å². The summed E-state index contributed by atoms with van der Waals surface area (Å²) in [7, 11) is -0.872. The number of ether oxygens (including phenoxy) is 1. The van der Waals surface area contributed by atoms with Gasteiger partial charge in [-0.05, 0) is 12.5 Å². The normalized spacial score (nSPS) is 16.1. The van der Waals surface area contributed by atoms with E-state index in [2.05, 4.69) is 24.6 Å². The lowest BCUT2D eigenvalue weighted by molar-refractivity contribution is 0.307. The largest absolute Gasteiger partial charge is 0.478 e. The molecule has 0 unspecified atom stereocenters. The Morgan fingerprint density at radius 1 is 1.46 bits per heavy atom. The summed E-state index contributed by atoms with van der Waals surface area (Å²) in [6.07, 6.45) is 5.14. The van der Waals surface area contributed by atoms with E-state index in [4.69, 9.17) is 4.74 Å². The van der Waals surface area contributed by atoms with E-state index in [0.717, 1.165) is 19.0 Å². The standard InChI is InChI=1S/C10H19NOSi/c1-13(2,3)9-5-8-12-10-6-4-7-11-10/h4,6H,5,7-9H2,1-3H3. The molecule has 3 heteroatoms. The third-order valence-electron chi connectivity index (χ3n) is 1.93. The zero-order valence-corrected chi connectivity index (χ0v) is 9.84. The highest BCUT2D eigenvalue weighted by Crippen LogP contribution is 2.11. The summed E-state index contributed by atoms with van der Waals surface area (Å²) in [6.45, 7) is 8.79. The van der Waals surface area contributed by atoms with E-state index < -0.39 is 8.07 Å². The third-order valence-corrected chi connectivity index (χ3v) is 3.79. The van der Waals surface area contributed by atoms with Gasteiger partial charge < -0.3 is 4.74 Å². The summed E-state index contributed by atoms with van der Waals surface area (Å²) in [5.74, 6) is 0.815. The Morgan fingerprint density at radius 3 is 2.77 bits per heavy atom. The molecule has 0 fully saturated rings. The van der Waals surface area contributed by atoms with Crippen LogP contribution in [0.1, 0.15) is 6.42 Å². The van der Waals surface area contributed by atoms with Gasteiger partial charge in [-0.15, -0.1) is 0 Å². The molecule has 0 atom stereocenters. The van der Waals surface area contributed by atoms with Crippen LogP contribution in [0.25, 0.3) is 0 Å². The summed E-state index contributed by atoms with van der Waals surface area (Å²) in [4.78, 5) is 4.16. The Kier molecular flexibility index (Phi) is 3.72. The molecule has 0 saturated heterocycles. The van der Waals surface area contributed by atoms with Gasteiger partial charge in [-0.2, -0.15) is 0 Å². The zero-order valence-electron chi connectivity index (χ0n) is 8.84. The Labute approximate surface area is 81.7 Å². The molecule has 2 nitrogen and oxygen atoms in total. The molecule has 0 N–H and O–H groups in total. The minimum Gasteiger partial charge on any atom is -0.478 e. The first-order valence-electron chi connectivity index (χ1n) is 4.92. The third kappa shape index (κ3) is 4.88. The molecular weight excluding hydrogens is 178 g/mol. The quantitative estimate of drug-likeness (QED) is 0.501. The first-order valence-corrected chi connectivity index (χ1v) is 8.62. The molecule has 1 heterocycles. The lowest BCUT2D eigenvalue weighted by Gasteiger charge is -2.15. The summed E-state index contributed by atoms with van der Waals surface area (Å²) in [6, 6.07) is 1.34. The Bertz CT molecular complexity index is 215. The Morgan fingerprint density at radius 2 is 2.23 bits per heavy atom. The summed E-state index contributed by atoms with van der Waals surface area (Å²) in [5, 5.41) is 0. The van der Waals surface area contributed by atoms with Crippen LogP contribution in [0.2, 0.25) is 25.7 Å². The fourth-order valence-corrected chi connectivity index (χ4v) is 2.43. The molecule has 0 aromatic heterocycles. The van der Waals surface area contributed by atoms with Crippen LogP contribution in [0.5, 0.6) is 0 Å².